The number of nitrogens with zero attached hydrogens (tertiary/aromatic N) is 2. The molecule has 0 radical (unpaired) electrons. The van der Waals surface area contributed by atoms with Gasteiger partial charge in [-0.05, 0) is 31.2 Å². The Labute approximate surface area is 93.2 Å². The fourth-order valence-electron chi connectivity index (χ4n) is 1.35. The van der Waals surface area contributed by atoms with E-state index in [1.807, 2.05) is 20.2 Å². The number of furan rings is 1. The van der Waals surface area contributed by atoms with Crippen molar-refractivity contribution in [2.75, 3.05) is 0 Å². The van der Waals surface area contributed by atoms with Gasteiger partial charge in [-0.15, -0.1) is 0 Å². The molecule has 82 valence electrons. The summed E-state index contributed by atoms with van der Waals surface area (Å²) in [7, 11) is 1.83. The van der Waals surface area contributed by atoms with Gasteiger partial charge < -0.3 is 4.42 Å². The van der Waals surface area contributed by atoms with Crippen LogP contribution >= 0.6 is 0 Å². The van der Waals surface area contributed by atoms with Crippen LogP contribution < -0.4 is 0 Å². The molecule has 2 rings (SSSR count). The minimum absolute atomic E-state index is 0.142. The van der Waals surface area contributed by atoms with Crippen LogP contribution in [0.3, 0.4) is 0 Å². The lowest BCUT2D eigenvalue weighted by molar-refractivity contribution is 0.102. The first-order valence-corrected chi connectivity index (χ1v) is 4.92. The van der Waals surface area contributed by atoms with E-state index in [9.17, 15) is 4.79 Å². The Bertz CT molecular complexity index is 535. The lowest BCUT2D eigenvalue weighted by Crippen LogP contribution is -1.90. The van der Waals surface area contributed by atoms with Crippen molar-refractivity contribution in [2.24, 2.45) is 7.05 Å². The highest BCUT2D eigenvalue weighted by molar-refractivity contribution is 6.04. The Morgan fingerprint density at radius 1 is 1.50 bits per heavy atom. The Balaban J connectivity index is 2.10. The second-order valence-electron chi connectivity index (χ2n) is 3.56. The highest BCUT2D eigenvalue weighted by Crippen LogP contribution is 2.09. The van der Waals surface area contributed by atoms with Gasteiger partial charge in [0, 0.05) is 18.8 Å². The fraction of sp³-hybridized carbons (Fsp3) is 0.167. The Hall–Kier alpha value is -2.10. The van der Waals surface area contributed by atoms with Gasteiger partial charge in [-0.3, -0.25) is 9.48 Å². The molecular weight excluding hydrogens is 204 g/mol. The molecule has 0 aromatic carbocycles. The van der Waals surface area contributed by atoms with Crippen LogP contribution in [-0.4, -0.2) is 15.6 Å². The molecule has 2 aromatic heterocycles. The van der Waals surface area contributed by atoms with Crippen molar-refractivity contribution in [1.82, 2.24) is 9.78 Å². The standard InChI is InChI=1S/C12H12N2O2/c1-9-3-6-12(16-9)11(15)5-4-10-7-13-14(2)8-10/h3-8H,1-2H3/b5-4-. The summed E-state index contributed by atoms with van der Waals surface area (Å²) in [5.74, 6) is 0.952. The van der Waals surface area contributed by atoms with Crippen LogP contribution in [0.2, 0.25) is 0 Å². The van der Waals surface area contributed by atoms with E-state index < -0.39 is 0 Å². The maximum Gasteiger partial charge on any atom is 0.221 e. The summed E-state index contributed by atoms with van der Waals surface area (Å²) < 4.78 is 6.90. The second kappa shape index (κ2) is 4.18. The molecule has 16 heavy (non-hydrogen) atoms. The van der Waals surface area contributed by atoms with Gasteiger partial charge in [-0.25, -0.2) is 0 Å². The maximum absolute atomic E-state index is 11.6. The van der Waals surface area contributed by atoms with E-state index in [1.54, 1.807) is 29.1 Å². The van der Waals surface area contributed by atoms with Crippen LogP contribution in [0, 0.1) is 6.92 Å². The topological polar surface area (TPSA) is 48.0 Å². The number of hydrogen-bond donors (Lipinski definition) is 0. The number of carbonyl (C=O) groups excluding carboxylic acids is 1. The van der Waals surface area contributed by atoms with E-state index in [-0.39, 0.29) is 5.78 Å². The highest BCUT2D eigenvalue weighted by Gasteiger charge is 2.05. The number of allylic oxidation sites excluding steroid dienone is 1. The van der Waals surface area contributed by atoms with E-state index in [2.05, 4.69) is 5.10 Å². The first-order chi connectivity index (χ1) is 7.65. The minimum atomic E-state index is -0.142. The normalized spacial score (nSPS) is 11.1. The van der Waals surface area contributed by atoms with Crippen molar-refractivity contribution in [3.05, 3.63) is 47.7 Å². The summed E-state index contributed by atoms with van der Waals surface area (Å²) >= 11 is 0. The minimum Gasteiger partial charge on any atom is -0.458 e. The van der Waals surface area contributed by atoms with Crippen molar-refractivity contribution in [1.29, 1.82) is 0 Å². The molecule has 0 bridgehead atoms. The third-order valence-electron chi connectivity index (χ3n) is 2.14. The van der Waals surface area contributed by atoms with Crippen LogP contribution in [0.25, 0.3) is 6.08 Å². The molecule has 2 heterocycles. The van der Waals surface area contributed by atoms with E-state index in [4.69, 9.17) is 4.42 Å². The first-order valence-electron chi connectivity index (χ1n) is 4.92. The maximum atomic E-state index is 11.6. The van der Waals surface area contributed by atoms with Gasteiger partial charge in [0.15, 0.2) is 5.76 Å². The number of hydrogen-bond acceptors (Lipinski definition) is 3. The van der Waals surface area contributed by atoms with E-state index >= 15 is 0 Å². The molecule has 0 saturated carbocycles. The molecule has 2 aromatic rings. The summed E-state index contributed by atoms with van der Waals surface area (Å²) in [4.78, 5) is 11.6. The third kappa shape index (κ3) is 2.28. The van der Waals surface area contributed by atoms with Gasteiger partial charge in [0.25, 0.3) is 0 Å². The molecule has 0 N–H and O–H groups in total. The van der Waals surface area contributed by atoms with Crippen LogP contribution in [0.1, 0.15) is 21.9 Å². The average Bonchev–Trinajstić information content (AvgIpc) is 2.84. The zero-order valence-electron chi connectivity index (χ0n) is 9.18. The third-order valence-corrected chi connectivity index (χ3v) is 2.14. The molecule has 4 nitrogen and oxygen atoms in total. The fourth-order valence-corrected chi connectivity index (χ4v) is 1.35. The average molecular weight is 216 g/mol. The van der Waals surface area contributed by atoms with Crippen molar-refractivity contribution in [3.63, 3.8) is 0 Å². The molecule has 4 heteroatoms. The zero-order chi connectivity index (χ0) is 11.5. The SMILES string of the molecule is Cc1ccc(C(=O)/C=C\c2cnn(C)c2)o1. The van der Waals surface area contributed by atoms with Crippen molar-refractivity contribution in [2.45, 2.75) is 6.92 Å². The monoisotopic (exact) mass is 216 g/mol. The smallest absolute Gasteiger partial charge is 0.221 e. The quantitative estimate of drug-likeness (QED) is 0.583. The molecular formula is C12H12N2O2. The molecule has 0 unspecified atom stereocenters. The van der Waals surface area contributed by atoms with Crippen LogP contribution in [0.4, 0.5) is 0 Å². The molecule has 0 fully saturated rings. The predicted octanol–water partition coefficient (Wildman–Crippen LogP) is 2.22. The number of carbonyl (C=O) groups is 1. The largest absolute Gasteiger partial charge is 0.458 e. The Morgan fingerprint density at radius 2 is 2.31 bits per heavy atom. The summed E-state index contributed by atoms with van der Waals surface area (Å²) in [6.45, 7) is 1.81. The second-order valence-corrected chi connectivity index (χ2v) is 3.56. The summed E-state index contributed by atoms with van der Waals surface area (Å²) in [5, 5.41) is 4.00. The van der Waals surface area contributed by atoms with Gasteiger partial charge in [0.2, 0.25) is 5.78 Å². The van der Waals surface area contributed by atoms with Gasteiger partial charge in [-0.1, -0.05) is 0 Å². The number of aromatic nitrogens is 2. The first kappa shape index (κ1) is 10.4. The summed E-state index contributed by atoms with van der Waals surface area (Å²) in [6, 6.07) is 3.44. The van der Waals surface area contributed by atoms with Crippen molar-refractivity contribution in [3.8, 4) is 0 Å². The summed E-state index contributed by atoms with van der Waals surface area (Å²) in [5.41, 5.74) is 0.888. The van der Waals surface area contributed by atoms with Gasteiger partial charge >= 0.3 is 0 Å². The molecule has 0 spiro atoms. The molecule has 0 atom stereocenters. The van der Waals surface area contributed by atoms with Crippen LogP contribution in [0.5, 0.6) is 0 Å². The Morgan fingerprint density at radius 3 is 2.88 bits per heavy atom. The molecule has 0 aliphatic carbocycles. The predicted molar refractivity (Wildman–Crippen MR) is 60.0 cm³/mol. The van der Waals surface area contributed by atoms with E-state index in [0.717, 1.165) is 11.3 Å². The Kier molecular flexibility index (Phi) is 2.72. The number of ketones is 1. The van der Waals surface area contributed by atoms with E-state index in [0.29, 0.717) is 5.76 Å². The number of aryl methyl sites for hydroxylation is 2. The van der Waals surface area contributed by atoms with Gasteiger partial charge in [0.1, 0.15) is 5.76 Å². The molecule has 0 saturated heterocycles. The molecule has 0 amide bonds. The molecule has 0 aliphatic rings. The van der Waals surface area contributed by atoms with E-state index in [1.165, 1.54) is 6.08 Å². The summed E-state index contributed by atoms with van der Waals surface area (Å²) in [6.07, 6.45) is 6.72. The van der Waals surface area contributed by atoms with Gasteiger partial charge in [-0.2, -0.15) is 5.10 Å². The van der Waals surface area contributed by atoms with Crippen molar-refractivity contribution >= 4 is 11.9 Å². The molecule has 0 aliphatic heterocycles. The zero-order valence-corrected chi connectivity index (χ0v) is 9.18. The van der Waals surface area contributed by atoms with Gasteiger partial charge in [0.05, 0.1) is 6.20 Å². The van der Waals surface area contributed by atoms with Crippen molar-refractivity contribution < 1.29 is 9.21 Å². The lowest BCUT2D eigenvalue weighted by Gasteiger charge is -1.88. The van der Waals surface area contributed by atoms with Crippen LogP contribution in [-0.2, 0) is 7.05 Å². The highest BCUT2D eigenvalue weighted by atomic mass is 16.3. The lowest BCUT2D eigenvalue weighted by atomic mass is 10.2. The van der Waals surface area contributed by atoms with Crippen LogP contribution in [0.15, 0.2) is 35.0 Å². The number of rotatable bonds is 3.